The first kappa shape index (κ1) is 17.4. The van der Waals surface area contributed by atoms with Gasteiger partial charge < -0.3 is 14.2 Å². The van der Waals surface area contributed by atoms with Gasteiger partial charge in [-0.25, -0.2) is 0 Å². The predicted octanol–water partition coefficient (Wildman–Crippen LogP) is 3.37. The van der Waals surface area contributed by atoms with Crippen molar-refractivity contribution in [3.05, 3.63) is 54.1 Å². The number of rotatable bonds is 6. The van der Waals surface area contributed by atoms with Crippen LogP contribution in [0.4, 0.5) is 0 Å². The lowest BCUT2D eigenvalue weighted by atomic mass is 10.1. The monoisotopic (exact) mass is 358 g/mol. The van der Waals surface area contributed by atoms with Gasteiger partial charge in [0, 0.05) is 16.9 Å². The molecule has 0 bridgehead atoms. The number of thioether (sulfide) groups is 1. The van der Waals surface area contributed by atoms with Crippen LogP contribution in [0.3, 0.4) is 0 Å². The van der Waals surface area contributed by atoms with Crippen molar-refractivity contribution in [2.75, 3.05) is 25.6 Å². The fourth-order valence-corrected chi connectivity index (χ4v) is 2.98. The summed E-state index contributed by atoms with van der Waals surface area (Å²) in [5.41, 5.74) is 0.438. The van der Waals surface area contributed by atoms with Gasteiger partial charge in [0.2, 0.25) is 0 Å². The number of carbonyl (C=O) groups is 2. The summed E-state index contributed by atoms with van der Waals surface area (Å²) in [6.45, 7) is 0.862. The van der Waals surface area contributed by atoms with Gasteiger partial charge in [-0.3, -0.25) is 9.59 Å². The lowest BCUT2D eigenvalue weighted by Gasteiger charge is -2.09. The van der Waals surface area contributed by atoms with Crippen LogP contribution < -0.4 is 9.47 Å². The topological polar surface area (TPSA) is 61.8 Å². The van der Waals surface area contributed by atoms with Crippen LogP contribution >= 0.6 is 11.8 Å². The van der Waals surface area contributed by atoms with Crippen molar-refractivity contribution in [1.29, 1.82) is 0 Å². The number of ether oxygens (including phenoxy) is 3. The molecule has 0 fully saturated rings. The van der Waals surface area contributed by atoms with Crippen LogP contribution in [0.5, 0.6) is 11.5 Å². The van der Waals surface area contributed by atoms with Crippen molar-refractivity contribution >= 4 is 23.5 Å². The molecule has 0 spiro atoms. The molecule has 0 saturated carbocycles. The highest BCUT2D eigenvalue weighted by Gasteiger charge is 2.15. The van der Waals surface area contributed by atoms with E-state index in [0.717, 1.165) is 11.3 Å². The third-order valence-corrected chi connectivity index (χ3v) is 4.52. The van der Waals surface area contributed by atoms with E-state index in [1.807, 2.05) is 30.3 Å². The summed E-state index contributed by atoms with van der Waals surface area (Å²) in [5, 5.41) is 0. The average molecular weight is 358 g/mol. The van der Waals surface area contributed by atoms with Crippen molar-refractivity contribution in [1.82, 2.24) is 0 Å². The normalized spacial score (nSPS) is 13.0. The molecule has 0 radical (unpaired) electrons. The third kappa shape index (κ3) is 5.00. The lowest BCUT2D eigenvalue weighted by Crippen LogP contribution is -2.15. The summed E-state index contributed by atoms with van der Waals surface area (Å²) in [7, 11) is 0. The maximum Gasteiger partial charge on any atom is 0.316 e. The van der Waals surface area contributed by atoms with E-state index in [4.69, 9.17) is 14.2 Å². The van der Waals surface area contributed by atoms with E-state index < -0.39 is 5.97 Å². The molecule has 0 N–H and O–H groups in total. The number of carbonyl (C=O) groups excluding carboxylic acids is 2. The SMILES string of the molecule is O=C(CSc1ccccc1)OCC(=O)c1ccc2c(c1)OCCCO2. The molecule has 0 atom stereocenters. The summed E-state index contributed by atoms with van der Waals surface area (Å²) in [5.74, 6) is 0.656. The second kappa shape index (κ2) is 8.58. The first-order valence-corrected chi connectivity index (χ1v) is 8.97. The number of Topliss-reactive ketones (excluding diaryl/α,β-unsaturated/α-hetero) is 1. The smallest absolute Gasteiger partial charge is 0.316 e. The molecule has 1 aliphatic rings. The fourth-order valence-electron chi connectivity index (χ4n) is 2.27. The van der Waals surface area contributed by atoms with Crippen LogP contribution in [0, 0.1) is 0 Å². The van der Waals surface area contributed by atoms with Gasteiger partial charge in [0.15, 0.2) is 23.9 Å². The van der Waals surface area contributed by atoms with Gasteiger partial charge in [0.25, 0.3) is 0 Å². The first-order chi connectivity index (χ1) is 12.2. The van der Waals surface area contributed by atoms with E-state index in [-0.39, 0.29) is 18.1 Å². The molecule has 0 saturated heterocycles. The lowest BCUT2D eigenvalue weighted by molar-refractivity contribution is -0.139. The van der Waals surface area contributed by atoms with Crippen molar-refractivity contribution < 1.29 is 23.8 Å². The number of hydrogen-bond donors (Lipinski definition) is 0. The number of ketones is 1. The van der Waals surface area contributed by atoms with Crippen molar-refractivity contribution in [2.24, 2.45) is 0 Å². The van der Waals surface area contributed by atoms with E-state index in [0.29, 0.717) is 30.3 Å². The van der Waals surface area contributed by atoms with Gasteiger partial charge in [-0.05, 0) is 30.3 Å². The number of esters is 1. The highest BCUT2D eigenvalue weighted by atomic mass is 32.2. The fraction of sp³-hybridized carbons (Fsp3) is 0.263. The Morgan fingerprint density at radius 1 is 1.00 bits per heavy atom. The zero-order chi connectivity index (χ0) is 17.5. The van der Waals surface area contributed by atoms with Gasteiger partial charge in [0.05, 0.1) is 19.0 Å². The van der Waals surface area contributed by atoms with E-state index >= 15 is 0 Å². The summed E-state index contributed by atoms with van der Waals surface area (Å²) in [4.78, 5) is 25.0. The molecule has 0 aliphatic carbocycles. The molecule has 130 valence electrons. The largest absolute Gasteiger partial charge is 0.490 e. The zero-order valence-electron chi connectivity index (χ0n) is 13.6. The van der Waals surface area contributed by atoms with Gasteiger partial charge in [-0.1, -0.05) is 18.2 Å². The van der Waals surface area contributed by atoms with Crippen LogP contribution in [0.15, 0.2) is 53.4 Å². The molecule has 3 rings (SSSR count). The summed E-state index contributed by atoms with van der Waals surface area (Å²) < 4.78 is 16.2. The minimum absolute atomic E-state index is 0.165. The van der Waals surface area contributed by atoms with E-state index in [2.05, 4.69) is 0 Å². The standard InChI is InChI=1S/C19H18O5S/c20-16(12-24-19(21)13-25-15-5-2-1-3-6-15)14-7-8-17-18(11-14)23-10-4-9-22-17/h1-3,5-8,11H,4,9-10,12-13H2. The molecule has 0 aromatic heterocycles. The molecule has 6 heteroatoms. The molecule has 2 aromatic rings. The Labute approximate surface area is 150 Å². The van der Waals surface area contributed by atoms with Gasteiger partial charge >= 0.3 is 5.97 Å². The molecule has 0 unspecified atom stereocenters. The second-order valence-corrected chi connectivity index (χ2v) is 6.45. The predicted molar refractivity (Wildman–Crippen MR) is 94.5 cm³/mol. The zero-order valence-corrected chi connectivity index (χ0v) is 14.4. The number of benzene rings is 2. The average Bonchev–Trinajstić information content (AvgIpc) is 2.90. The van der Waals surface area contributed by atoms with E-state index in [9.17, 15) is 9.59 Å². The van der Waals surface area contributed by atoms with Gasteiger partial charge in [-0.2, -0.15) is 0 Å². The summed E-state index contributed by atoms with van der Waals surface area (Å²) >= 11 is 1.37. The number of fused-ring (bicyclic) bond motifs is 1. The molecule has 1 heterocycles. The van der Waals surface area contributed by atoms with Crippen molar-refractivity contribution in [2.45, 2.75) is 11.3 Å². The highest BCUT2D eigenvalue weighted by molar-refractivity contribution is 8.00. The van der Waals surface area contributed by atoms with Crippen LogP contribution in [0.2, 0.25) is 0 Å². The molecule has 5 nitrogen and oxygen atoms in total. The third-order valence-electron chi connectivity index (χ3n) is 3.53. The summed E-state index contributed by atoms with van der Waals surface area (Å²) in [6.07, 6.45) is 0.800. The molecular formula is C19H18O5S. The number of hydrogen-bond acceptors (Lipinski definition) is 6. The Balaban J connectivity index is 1.50. The molecule has 2 aromatic carbocycles. The van der Waals surface area contributed by atoms with E-state index in [1.165, 1.54) is 11.8 Å². The Morgan fingerprint density at radius 2 is 1.76 bits per heavy atom. The van der Waals surface area contributed by atoms with Crippen LogP contribution in [-0.2, 0) is 9.53 Å². The van der Waals surface area contributed by atoms with Gasteiger partial charge in [0.1, 0.15) is 0 Å². The van der Waals surface area contributed by atoms with Crippen molar-refractivity contribution in [3.8, 4) is 11.5 Å². The minimum Gasteiger partial charge on any atom is -0.490 e. The Hall–Kier alpha value is -2.47. The maximum atomic E-state index is 12.2. The minimum atomic E-state index is -0.420. The Bertz CT molecular complexity index is 745. The Kier molecular flexibility index (Phi) is 5.95. The Morgan fingerprint density at radius 3 is 2.56 bits per heavy atom. The maximum absolute atomic E-state index is 12.2. The van der Waals surface area contributed by atoms with Crippen LogP contribution in [-0.4, -0.2) is 37.3 Å². The van der Waals surface area contributed by atoms with Crippen LogP contribution in [0.1, 0.15) is 16.8 Å². The second-order valence-electron chi connectivity index (χ2n) is 5.40. The quantitative estimate of drug-likeness (QED) is 0.448. The molecule has 0 amide bonds. The molecular weight excluding hydrogens is 340 g/mol. The first-order valence-electron chi connectivity index (χ1n) is 7.99. The van der Waals surface area contributed by atoms with Crippen LogP contribution in [0.25, 0.3) is 0 Å². The van der Waals surface area contributed by atoms with Gasteiger partial charge in [-0.15, -0.1) is 11.8 Å². The summed E-state index contributed by atoms with van der Waals surface area (Å²) in [6, 6.07) is 14.6. The molecule has 1 aliphatic heterocycles. The molecule has 25 heavy (non-hydrogen) atoms. The van der Waals surface area contributed by atoms with Crippen molar-refractivity contribution in [3.63, 3.8) is 0 Å². The van der Waals surface area contributed by atoms with E-state index in [1.54, 1.807) is 18.2 Å². The highest BCUT2D eigenvalue weighted by Crippen LogP contribution is 2.30.